The first-order valence-electron chi connectivity index (χ1n) is 8.47. The molecule has 0 heterocycles. The molecule has 0 radical (unpaired) electrons. The second-order valence-electron chi connectivity index (χ2n) is 6.34. The predicted molar refractivity (Wildman–Crippen MR) is 105 cm³/mol. The zero-order valence-corrected chi connectivity index (χ0v) is 16.1. The summed E-state index contributed by atoms with van der Waals surface area (Å²) in [5.41, 5.74) is 6.44. The van der Waals surface area contributed by atoms with E-state index >= 15 is 0 Å². The lowest BCUT2D eigenvalue weighted by Gasteiger charge is -2.21. The van der Waals surface area contributed by atoms with Crippen LogP contribution in [0.3, 0.4) is 0 Å². The molecule has 8 heteroatoms. The molecular weight excluding hydrogens is 382 g/mol. The maximum absolute atomic E-state index is 12.5. The molecule has 0 aliphatic rings. The minimum atomic E-state index is -0.989. The third kappa shape index (κ3) is 5.00. The van der Waals surface area contributed by atoms with Crippen molar-refractivity contribution in [3.8, 4) is 5.75 Å². The third-order valence-electron chi connectivity index (χ3n) is 4.37. The molecule has 0 aromatic heterocycles. The number of aliphatic hydroxyl groups is 1. The molecule has 0 aliphatic heterocycles. The Kier molecular flexibility index (Phi) is 6.99. The number of carbonyl (C=O) groups excluding carboxylic acids is 2. The van der Waals surface area contributed by atoms with Gasteiger partial charge in [0.2, 0.25) is 11.6 Å². The molecular formula is C20H20ClN3O4. The van der Waals surface area contributed by atoms with Gasteiger partial charge in [-0.1, -0.05) is 29.8 Å². The number of benzene rings is 2. The molecule has 2 atom stereocenters. The predicted octanol–water partition coefficient (Wildman–Crippen LogP) is 2.91. The molecule has 0 saturated heterocycles. The zero-order valence-electron chi connectivity index (χ0n) is 15.4. The molecule has 7 nitrogen and oxygen atoms in total. The van der Waals surface area contributed by atoms with Gasteiger partial charge in [0.25, 0.3) is 5.91 Å². The van der Waals surface area contributed by atoms with Crippen molar-refractivity contribution in [1.82, 2.24) is 10.9 Å². The number of hydrogen-bond acceptors (Lipinski definition) is 4. The summed E-state index contributed by atoms with van der Waals surface area (Å²) in [6, 6.07) is 8.94. The van der Waals surface area contributed by atoms with Crippen LogP contribution in [0, 0.1) is 19.4 Å². The van der Waals surface area contributed by atoms with Crippen LogP contribution in [0.2, 0.25) is 5.02 Å². The maximum atomic E-state index is 12.5. The number of aromatic hydroxyl groups is 1. The number of carbonyl (C=O) groups is 2. The van der Waals surface area contributed by atoms with Crippen molar-refractivity contribution in [1.29, 1.82) is 0 Å². The average molecular weight is 402 g/mol. The summed E-state index contributed by atoms with van der Waals surface area (Å²) in [5, 5.41) is 19.8. The maximum Gasteiger partial charge on any atom is 0.269 e. The van der Waals surface area contributed by atoms with Crippen LogP contribution in [-0.2, 0) is 11.2 Å². The summed E-state index contributed by atoms with van der Waals surface area (Å²) in [6.45, 7) is 10.3. The Morgan fingerprint density at radius 2 is 1.96 bits per heavy atom. The van der Waals surface area contributed by atoms with Crippen molar-refractivity contribution in [2.45, 2.75) is 26.4 Å². The number of phenolic OH excluding ortho intramolecular Hbond substituents is 1. The van der Waals surface area contributed by atoms with Gasteiger partial charge in [0.05, 0.1) is 23.6 Å². The minimum absolute atomic E-state index is 0.0731. The second kappa shape index (κ2) is 9.22. The van der Waals surface area contributed by atoms with Crippen LogP contribution in [0.1, 0.15) is 28.4 Å². The van der Waals surface area contributed by atoms with Crippen molar-refractivity contribution in [3.05, 3.63) is 69.5 Å². The topological polar surface area (TPSA) is 103 Å². The van der Waals surface area contributed by atoms with Crippen LogP contribution in [0.15, 0.2) is 36.4 Å². The second-order valence-corrected chi connectivity index (χ2v) is 6.72. The molecule has 0 saturated carbocycles. The Hall–Kier alpha value is -3.08. The van der Waals surface area contributed by atoms with Gasteiger partial charge in [0, 0.05) is 5.56 Å². The smallest absolute Gasteiger partial charge is 0.269 e. The van der Waals surface area contributed by atoms with E-state index in [1.54, 1.807) is 19.1 Å². The fourth-order valence-corrected chi connectivity index (χ4v) is 2.89. The van der Waals surface area contributed by atoms with Gasteiger partial charge in [-0.05, 0) is 49.6 Å². The number of hydrazine groups is 1. The fraction of sp³-hybridized carbons (Fsp3) is 0.250. The van der Waals surface area contributed by atoms with Crippen LogP contribution in [0.25, 0.3) is 4.85 Å². The van der Waals surface area contributed by atoms with Crippen molar-refractivity contribution >= 4 is 29.1 Å². The van der Waals surface area contributed by atoms with Crippen molar-refractivity contribution < 1.29 is 19.8 Å². The highest BCUT2D eigenvalue weighted by Crippen LogP contribution is 2.31. The lowest BCUT2D eigenvalue weighted by atomic mass is 9.91. The standard InChI is InChI=1S/C20H20ClN3O4/c1-11-13(7-8-17(22-3)18(11)21)10-16(12(2)25)20(28)24-23-19(27)14-5-4-6-15(26)9-14/h4-9,12,16,25-26H,10H2,1-2H3,(H,23,27)(H,24,28)/t12-,16-/m1/s1. The molecule has 0 aliphatic carbocycles. The van der Waals surface area contributed by atoms with E-state index in [1.807, 2.05) is 0 Å². The van der Waals surface area contributed by atoms with Gasteiger partial charge in [-0.2, -0.15) is 0 Å². The molecule has 28 heavy (non-hydrogen) atoms. The van der Waals surface area contributed by atoms with Crippen molar-refractivity contribution in [3.63, 3.8) is 0 Å². The van der Waals surface area contributed by atoms with Gasteiger partial charge >= 0.3 is 0 Å². The number of phenols is 1. The van der Waals surface area contributed by atoms with Crippen LogP contribution in [0.4, 0.5) is 5.69 Å². The largest absolute Gasteiger partial charge is 0.508 e. The van der Waals surface area contributed by atoms with Gasteiger partial charge in [0.1, 0.15) is 5.75 Å². The summed E-state index contributed by atoms with van der Waals surface area (Å²) in [5.74, 6) is -2.10. The SMILES string of the molecule is [C-]#[N+]c1ccc(C[C@@H](C(=O)NNC(=O)c2cccc(O)c2)[C@@H](C)O)c(C)c1Cl. The van der Waals surface area contributed by atoms with Crippen molar-refractivity contribution in [2.75, 3.05) is 0 Å². The summed E-state index contributed by atoms with van der Waals surface area (Å²) >= 11 is 6.17. The van der Waals surface area contributed by atoms with E-state index in [4.69, 9.17) is 18.2 Å². The van der Waals surface area contributed by atoms with Crippen LogP contribution in [0.5, 0.6) is 5.75 Å². The van der Waals surface area contributed by atoms with Gasteiger partial charge in [-0.15, -0.1) is 0 Å². The monoisotopic (exact) mass is 401 g/mol. The highest BCUT2D eigenvalue weighted by atomic mass is 35.5. The molecule has 146 valence electrons. The number of amides is 2. The molecule has 4 N–H and O–H groups in total. The van der Waals surface area contributed by atoms with Crippen LogP contribution in [-0.4, -0.2) is 28.1 Å². The zero-order chi connectivity index (χ0) is 20.8. The molecule has 2 amide bonds. The highest BCUT2D eigenvalue weighted by molar-refractivity contribution is 6.34. The molecule has 0 fully saturated rings. The first-order valence-corrected chi connectivity index (χ1v) is 8.85. The van der Waals surface area contributed by atoms with Gasteiger partial charge in [0.15, 0.2) is 0 Å². The van der Waals surface area contributed by atoms with Gasteiger partial charge in [-0.3, -0.25) is 20.4 Å². The van der Waals surface area contributed by atoms with E-state index in [0.717, 1.165) is 5.56 Å². The first-order chi connectivity index (χ1) is 13.2. The lowest BCUT2D eigenvalue weighted by molar-refractivity contribution is -0.128. The number of nitrogens with zero attached hydrogens (tertiary/aromatic N) is 1. The van der Waals surface area contributed by atoms with E-state index in [2.05, 4.69) is 15.7 Å². The molecule has 0 bridgehead atoms. The summed E-state index contributed by atoms with van der Waals surface area (Å²) in [6.07, 6.45) is -0.814. The number of rotatable bonds is 5. The Morgan fingerprint density at radius 1 is 1.25 bits per heavy atom. The number of hydrogen-bond donors (Lipinski definition) is 4. The van der Waals surface area contributed by atoms with E-state index < -0.39 is 23.8 Å². The Labute approximate surface area is 167 Å². The molecule has 2 aromatic rings. The van der Waals surface area contributed by atoms with Crippen molar-refractivity contribution in [2.24, 2.45) is 5.92 Å². The fourth-order valence-electron chi connectivity index (χ4n) is 2.67. The Balaban J connectivity index is 2.09. The summed E-state index contributed by atoms with van der Waals surface area (Å²) in [7, 11) is 0. The first kappa shape index (κ1) is 21.2. The molecule has 2 rings (SSSR count). The van der Waals surface area contributed by atoms with Crippen LogP contribution < -0.4 is 10.9 Å². The summed E-state index contributed by atoms with van der Waals surface area (Å²) < 4.78 is 0. The quantitative estimate of drug-likeness (QED) is 0.457. The minimum Gasteiger partial charge on any atom is -0.508 e. The van der Waals surface area contributed by atoms with E-state index in [9.17, 15) is 19.8 Å². The molecule has 0 unspecified atom stereocenters. The number of nitrogens with one attached hydrogen (secondary N) is 2. The normalized spacial score (nSPS) is 12.5. The average Bonchev–Trinajstić information content (AvgIpc) is 2.66. The Morgan fingerprint density at radius 3 is 2.57 bits per heavy atom. The van der Waals surface area contributed by atoms with E-state index in [-0.39, 0.29) is 17.7 Å². The van der Waals surface area contributed by atoms with Gasteiger partial charge in [-0.25, -0.2) is 4.85 Å². The van der Waals surface area contributed by atoms with Crippen LogP contribution >= 0.6 is 11.6 Å². The highest BCUT2D eigenvalue weighted by Gasteiger charge is 2.26. The van der Waals surface area contributed by atoms with E-state index in [0.29, 0.717) is 16.3 Å². The summed E-state index contributed by atoms with van der Waals surface area (Å²) in [4.78, 5) is 27.9. The third-order valence-corrected chi connectivity index (χ3v) is 4.84. The number of halogens is 1. The number of aliphatic hydroxyl groups excluding tert-OH is 1. The molecule has 0 spiro atoms. The molecule has 2 aromatic carbocycles. The lowest BCUT2D eigenvalue weighted by Crippen LogP contribution is -2.47. The Bertz CT molecular complexity index is 938. The van der Waals surface area contributed by atoms with Gasteiger partial charge < -0.3 is 10.2 Å². The van der Waals surface area contributed by atoms with E-state index in [1.165, 1.54) is 31.2 Å².